The van der Waals surface area contributed by atoms with Crippen molar-refractivity contribution in [1.29, 1.82) is 0 Å². The molecule has 2 atom stereocenters. The maximum absolute atomic E-state index is 6.13. The zero-order valence-electron chi connectivity index (χ0n) is 8.72. The molecule has 2 unspecified atom stereocenters. The number of hydrogen-bond acceptors (Lipinski definition) is 4. The summed E-state index contributed by atoms with van der Waals surface area (Å²) in [5, 5.41) is 4.32. The average Bonchev–Trinajstić information content (AvgIpc) is 2.80. The van der Waals surface area contributed by atoms with Crippen molar-refractivity contribution in [3.63, 3.8) is 0 Å². The Labute approximate surface area is 99.2 Å². The van der Waals surface area contributed by atoms with Crippen molar-refractivity contribution in [1.82, 2.24) is 0 Å². The highest BCUT2D eigenvalue weighted by atomic mass is 32.2. The molecule has 1 aromatic heterocycles. The Morgan fingerprint density at radius 2 is 2.53 bits per heavy atom. The smallest absolute Gasteiger partial charge is 0.0816 e. The van der Waals surface area contributed by atoms with Crippen molar-refractivity contribution < 1.29 is 4.74 Å². The van der Waals surface area contributed by atoms with Crippen molar-refractivity contribution in [2.75, 3.05) is 18.1 Å². The van der Waals surface area contributed by atoms with E-state index in [4.69, 9.17) is 10.5 Å². The summed E-state index contributed by atoms with van der Waals surface area (Å²) in [5.74, 6) is 2.18. The van der Waals surface area contributed by atoms with Crippen LogP contribution < -0.4 is 5.73 Å². The van der Waals surface area contributed by atoms with Gasteiger partial charge in [0.2, 0.25) is 0 Å². The summed E-state index contributed by atoms with van der Waals surface area (Å²) in [5.41, 5.74) is 7.53. The number of thiophene rings is 1. The van der Waals surface area contributed by atoms with Gasteiger partial charge in [-0.15, -0.1) is 0 Å². The fourth-order valence-electron chi connectivity index (χ4n) is 1.71. The van der Waals surface area contributed by atoms with Gasteiger partial charge in [-0.2, -0.15) is 23.1 Å². The monoisotopic (exact) mass is 243 g/mol. The van der Waals surface area contributed by atoms with E-state index in [1.54, 1.807) is 11.3 Å². The third kappa shape index (κ3) is 3.48. The quantitative estimate of drug-likeness (QED) is 0.880. The molecule has 15 heavy (non-hydrogen) atoms. The van der Waals surface area contributed by atoms with E-state index in [0.717, 1.165) is 31.0 Å². The van der Waals surface area contributed by atoms with Gasteiger partial charge in [0.1, 0.15) is 0 Å². The van der Waals surface area contributed by atoms with Crippen molar-refractivity contribution >= 4 is 23.1 Å². The summed E-state index contributed by atoms with van der Waals surface area (Å²) in [6, 6.07) is 2.37. The molecule has 1 saturated heterocycles. The maximum atomic E-state index is 6.13. The first-order valence-electron chi connectivity index (χ1n) is 5.32. The van der Waals surface area contributed by atoms with Gasteiger partial charge in [-0.05, 0) is 35.2 Å². The van der Waals surface area contributed by atoms with Crippen LogP contribution in [0.15, 0.2) is 16.8 Å². The van der Waals surface area contributed by atoms with Crippen LogP contribution in [0.3, 0.4) is 0 Å². The highest BCUT2D eigenvalue weighted by molar-refractivity contribution is 7.99. The number of aryl methyl sites for hydroxylation is 1. The van der Waals surface area contributed by atoms with Gasteiger partial charge in [0.15, 0.2) is 0 Å². The minimum Gasteiger partial charge on any atom is -0.375 e. The molecule has 0 spiro atoms. The zero-order valence-corrected chi connectivity index (χ0v) is 10.4. The predicted octanol–water partition coefficient (Wildman–Crippen LogP) is 2.14. The summed E-state index contributed by atoms with van der Waals surface area (Å²) < 4.78 is 5.67. The molecule has 0 bridgehead atoms. The Morgan fingerprint density at radius 1 is 1.60 bits per heavy atom. The lowest BCUT2D eigenvalue weighted by atomic mass is 10.0. The summed E-state index contributed by atoms with van der Waals surface area (Å²) >= 11 is 3.70. The Morgan fingerprint density at radius 3 is 3.20 bits per heavy atom. The summed E-state index contributed by atoms with van der Waals surface area (Å²) in [6.07, 6.45) is 2.37. The van der Waals surface area contributed by atoms with Gasteiger partial charge in [-0.25, -0.2) is 0 Å². The van der Waals surface area contributed by atoms with Crippen LogP contribution in [0.2, 0.25) is 0 Å². The van der Waals surface area contributed by atoms with Crippen molar-refractivity contribution in [3.05, 3.63) is 22.4 Å². The van der Waals surface area contributed by atoms with Crippen LogP contribution in [0.1, 0.15) is 12.0 Å². The molecule has 0 saturated carbocycles. The SMILES string of the molecule is NC(CCc1ccsc1)C1CSCCO1. The molecule has 0 aromatic carbocycles. The molecule has 1 aliphatic heterocycles. The molecule has 1 aliphatic rings. The number of hydrogen-bond donors (Lipinski definition) is 1. The Hall–Kier alpha value is -0.0300. The molecule has 4 heteroatoms. The van der Waals surface area contributed by atoms with Gasteiger partial charge < -0.3 is 10.5 Å². The number of thioether (sulfide) groups is 1. The van der Waals surface area contributed by atoms with E-state index in [9.17, 15) is 0 Å². The van der Waals surface area contributed by atoms with Crippen LogP contribution >= 0.6 is 23.1 Å². The summed E-state index contributed by atoms with van der Waals surface area (Å²) in [7, 11) is 0. The van der Waals surface area contributed by atoms with Crippen LogP contribution in [-0.2, 0) is 11.2 Å². The maximum Gasteiger partial charge on any atom is 0.0816 e. The normalized spacial score (nSPS) is 23.9. The van der Waals surface area contributed by atoms with Crippen molar-refractivity contribution in [2.45, 2.75) is 25.0 Å². The molecule has 1 aromatic rings. The van der Waals surface area contributed by atoms with Gasteiger partial charge >= 0.3 is 0 Å². The Bertz CT molecular complexity index is 270. The van der Waals surface area contributed by atoms with E-state index >= 15 is 0 Å². The van der Waals surface area contributed by atoms with Crippen LogP contribution in [0.4, 0.5) is 0 Å². The largest absolute Gasteiger partial charge is 0.375 e. The number of rotatable bonds is 4. The van der Waals surface area contributed by atoms with Crippen molar-refractivity contribution in [3.8, 4) is 0 Å². The second-order valence-electron chi connectivity index (χ2n) is 3.82. The predicted molar refractivity (Wildman–Crippen MR) is 67.7 cm³/mol. The second kappa shape index (κ2) is 5.89. The van der Waals surface area contributed by atoms with Gasteiger partial charge in [0, 0.05) is 17.5 Å². The molecule has 2 heterocycles. The first-order chi connectivity index (χ1) is 7.36. The Kier molecular flexibility index (Phi) is 4.50. The lowest BCUT2D eigenvalue weighted by Crippen LogP contribution is -2.41. The number of nitrogens with two attached hydrogens (primary N) is 1. The minimum atomic E-state index is 0.192. The molecule has 2 N–H and O–H groups in total. The van der Waals surface area contributed by atoms with Gasteiger partial charge in [0.05, 0.1) is 12.7 Å². The van der Waals surface area contributed by atoms with Crippen LogP contribution in [0.5, 0.6) is 0 Å². The molecular formula is C11H17NOS2. The average molecular weight is 243 g/mol. The minimum absolute atomic E-state index is 0.192. The van der Waals surface area contributed by atoms with Gasteiger partial charge in [-0.3, -0.25) is 0 Å². The van der Waals surface area contributed by atoms with Gasteiger partial charge in [-0.1, -0.05) is 0 Å². The Balaban J connectivity index is 1.74. The highest BCUT2D eigenvalue weighted by Gasteiger charge is 2.21. The van der Waals surface area contributed by atoms with E-state index in [0.29, 0.717) is 0 Å². The third-order valence-electron chi connectivity index (χ3n) is 2.67. The van der Waals surface area contributed by atoms with E-state index in [2.05, 4.69) is 16.8 Å². The topological polar surface area (TPSA) is 35.2 Å². The molecule has 2 rings (SSSR count). The fourth-order valence-corrected chi connectivity index (χ4v) is 3.37. The van der Waals surface area contributed by atoms with Crippen LogP contribution in [-0.4, -0.2) is 30.3 Å². The summed E-state index contributed by atoms with van der Waals surface area (Å²) in [4.78, 5) is 0. The lowest BCUT2D eigenvalue weighted by Gasteiger charge is -2.27. The van der Waals surface area contributed by atoms with E-state index < -0.39 is 0 Å². The third-order valence-corrected chi connectivity index (χ3v) is 4.42. The first kappa shape index (κ1) is 11.5. The molecule has 0 radical (unpaired) electrons. The molecule has 1 fully saturated rings. The van der Waals surface area contributed by atoms with Crippen LogP contribution in [0, 0.1) is 0 Å². The first-order valence-corrected chi connectivity index (χ1v) is 7.42. The van der Waals surface area contributed by atoms with Gasteiger partial charge in [0.25, 0.3) is 0 Å². The standard InChI is InChI=1S/C11H17NOS2/c12-10(11-8-15-6-4-13-11)2-1-9-3-5-14-7-9/h3,5,7,10-11H,1-2,4,6,8,12H2. The zero-order chi connectivity index (χ0) is 10.5. The number of ether oxygens (including phenoxy) is 1. The molecule has 84 valence electrons. The highest BCUT2D eigenvalue weighted by Crippen LogP contribution is 2.17. The van der Waals surface area contributed by atoms with E-state index in [1.165, 1.54) is 5.56 Å². The van der Waals surface area contributed by atoms with E-state index in [-0.39, 0.29) is 12.1 Å². The molecule has 2 nitrogen and oxygen atoms in total. The van der Waals surface area contributed by atoms with E-state index in [1.807, 2.05) is 11.8 Å². The van der Waals surface area contributed by atoms with Crippen LogP contribution in [0.25, 0.3) is 0 Å². The second-order valence-corrected chi connectivity index (χ2v) is 5.75. The molecule has 0 amide bonds. The molecule has 0 aliphatic carbocycles. The fraction of sp³-hybridized carbons (Fsp3) is 0.636. The molecular weight excluding hydrogens is 226 g/mol. The summed E-state index contributed by atoms with van der Waals surface area (Å²) in [6.45, 7) is 0.863. The van der Waals surface area contributed by atoms with Crippen molar-refractivity contribution in [2.24, 2.45) is 5.73 Å². The lowest BCUT2D eigenvalue weighted by molar-refractivity contribution is 0.0552.